The van der Waals surface area contributed by atoms with Crippen LogP contribution in [0, 0.1) is 0 Å². The van der Waals surface area contributed by atoms with Crippen molar-refractivity contribution in [2.45, 2.75) is 45.1 Å². The van der Waals surface area contributed by atoms with Crippen molar-refractivity contribution in [2.75, 3.05) is 24.5 Å². The third-order valence-electron chi connectivity index (χ3n) is 5.06. The lowest BCUT2D eigenvalue weighted by Crippen LogP contribution is -2.32. The first-order valence-electron chi connectivity index (χ1n) is 9.86. The fourth-order valence-corrected chi connectivity index (χ4v) is 5.04. The molecule has 0 bridgehead atoms. The second-order valence-electron chi connectivity index (χ2n) is 6.87. The van der Waals surface area contributed by atoms with Gasteiger partial charge in [-0.1, -0.05) is 20.8 Å². The molecule has 9 heteroatoms. The highest BCUT2D eigenvalue weighted by molar-refractivity contribution is 7.89. The van der Waals surface area contributed by atoms with Crippen LogP contribution in [0.4, 0.5) is 5.69 Å². The SMILES string of the molecule is CCCn1nc(C(=O)N2CCc3cc(S(=O)(=O)N(CC)CC)ccc32)ccc1=O. The van der Waals surface area contributed by atoms with Gasteiger partial charge in [0, 0.05) is 37.9 Å². The van der Waals surface area contributed by atoms with Crippen molar-refractivity contribution in [3.05, 3.63) is 51.9 Å². The van der Waals surface area contributed by atoms with Crippen molar-refractivity contribution in [1.82, 2.24) is 14.1 Å². The number of aromatic nitrogens is 2. The zero-order chi connectivity index (χ0) is 21.2. The van der Waals surface area contributed by atoms with E-state index in [1.54, 1.807) is 36.9 Å². The Balaban J connectivity index is 1.91. The molecule has 156 valence electrons. The quantitative estimate of drug-likeness (QED) is 0.685. The summed E-state index contributed by atoms with van der Waals surface area (Å²) >= 11 is 0. The van der Waals surface area contributed by atoms with Gasteiger partial charge in [-0.15, -0.1) is 0 Å². The standard InChI is InChI=1S/C20H26N4O4S/c1-4-12-24-19(25)10-8-17(21-24)20(26)23-13-11-15-14-16(7-9-18(15)23)29(27,28)22(5-2)6-3/h7-10,14H,4-6,11-13H2,1-3H3. The lowest BCUT2D eigenvalue weighted by atomic mass is 10.2. The predicted molar refractivity (Wildman–Crippen MR) is 111 cm³/mol. The number of hydrogen-bond donors (Lipinski definition) is 0. The lowest BCUT2D eigenvalue weighted by molar-refractivity contribution is 0.0982. The second kappa shape index (κ2) is 8.46. The van der Waals surface area contributed by atoms with Gasteiger partial charge in [0.15, 0.2) is 0 Å². The molecule has 2 aromatic rings. The molecule has 1 aliphatic heterocycles. The maximum Gasteiger partial charge on any atom is 0.278 e. The smallest absolute Gasteiger partial charge is 0.278 e. The molecule has 3 rings (SSSR count). The molecule has 1 aliphatic rings. The van der Waals surface area contributed by atoms with E-state index in [2.05, 4.69) is 5.10 Å². The van der Waals surface area contributed by atoms with Gasteiger partial charge in [-0.05, 0) is 42.7 Å². The van der Waals surface area contributed by atoms with Crippen molar-refractivity contribution in [3.63, 3.8) is 0 Å². The second-order valence-corrected chi connectivity index (χ2v) is 8.80. The van der Waals surface area contributed by atoms with Crippen LogP contribution in [0.25, 0.3) is 0 Å². The summed E-state index contributed by atoms with van der Waals surface area (Å²) in [4.78, 5) is 26.7. The summed E-state index contributed by atoms with van der Waals surface area (Å²) in [5, 5.41) is 4.19. The number of amides is 1. The number of carbonyl (C=O) groups excluding carboxylic acids is 1. The predicted octanol–water partition coefficient (Wildman–Crippen LogP) is 1.89. The number of anilines is 1. The maximum atomic E-state index is 13.0. The van der Waals surface area contributed by atoms with Crippen LogP contribution in [-0.4, -0.2) is 48.0 Å². The Morgan fingerprint density at radius 2 is 1.86 bits per heavy atom. The van der Waals surface area contributed by atoms with Crippen LogP contribution in [-0.2, 0) is 23.0 Å². The zero-order valence-corrected chi connectivity index (χ0v) is 17.8. The normalized spacial score (nSPS) is 13.7. The number of sulfonamides is 1. The van der Waals surface area contributed by atoms with Crippen molar-refractivity contribution in [3.8, 4) is 0 Å². The van der Waals surface area contributed by atoms with Gasteiger partial charge >= 0.3 is 0 Å². The number of aryl methyl sites for hydroxylation is 1. The summed E-state index contributed by atoms with van der Waals surface area (Å²) in [6, 6.07) is 7.67. The van der Waals surface area contributed by atoms with E-state index in [-0.39, 0.29) is 22.1 Å². The molecule has 0 aliphatic carbocycles. The Bertz CT molecular complexity index is 1070. The van der Waals surface area contributed by atoms with Crippen LogP contribution in [0.3, 0.4) is 0 Å². The summed E-state index contributed by atoms with van der Waals surface area (Å²) < 4.78 is 28.2. The van der Waals surface area contributed by atoms with Crippen molar-refractivity contribution in [1.29, 1.82) is 0 Å². The molecule has 1 aromatic carbocycles. The first-order valence-corrected chi connectivity index (χ1v) is 11.3. The Morgan fingerprint density at radius 3 is 2.52 bits per heavy atom. The van der Waals surface area contributed by atoms with Gasteiger partial charge in [-0.3, -0.25) is 9.59 Å². The van der Waals surface area contributed by atoms with E-state index in [1.165, 1.54) is 21.1 Å². The minimum Gasteiger partial charge on any atom is -0.306 e. The highest BCUT2D eigenvalue weighted by atomic mass is 32.2. The Labute approximate surface area is 170 Å². The van der Waals surface area contributed by atoms with Crippen molar-refractivity contribution < 1.29 is 13.2 Å². The molecule has 0 spiro atoms. The molecule has 0 N–H and O–H groups in total. The third-order valence-corrected chi connectivity index (χ3v) is 7.10. The van der Waals surface area contributed by atoms with E-state index in [0.717, 1.165) is 12.0 Å². The molecule has 0 saturated heterocycles. The summed E-state index contributed by atoms with van der Waals surface area (Å²) in [7, 11) is -3.55. The minimum atomic E-state index is -3.55. The topological polar surface area (TPSA) is 92.6 Å². The van der Waals surface area contributed by atoms with E-state index in [9.17, 15) is 18.0 Å². The maximum absolute atomic E-state index is 13.0. The van der Waals surface area contributed by atoms with Gasteiger partial charge in [-0.2, -0.15) is 9.40 Å². The lowest BCUT2D eigenvalue weighted by Gasteiger charge is -2.20. The van der Waals surface area contributed by atoms with Gasteiger partial charge < -0.3 is 4.90 Å². The summed E-state index contributed by atoms with van der Waals surface area (Å²) in [5.74, 6) is -0.298. The number of fused-ring (bicyclic) bond motifs is 1. The molecule has 29 heavy (non-hydrogen) atoms. The molecule has 1 amide bonds. The molecule has 0 fully saturated rings. The van der Waals surface area contributed by atoms with Crippen LogP contribution in [0.5, 0.6) is 0 Å². The van der Waals surface area contributed by atoms with Crippen molar-refractivity contribution >= 4 is 21.6 Å². The Kier molecular flexibility index (Phi) is 6.18. The Hall–Kier alpha value is -2.52. The van der Waals surface area contributed by atoms with E-state index in [0.29, 0.717) is 38.3 Å². The number of nitrogens with zero attached hydrogens (tertiary/aromatic N) is 4. The number of hydrogen-bond acceptors (Lipinski definition) is 5. The first kappa shape index (κ1) is 21.2. The van der Waals surface area contributed by atoms with Crippen LogP contribution in [0.1, 0.15) is 43.2 Å². The third kappa shape index (κ3) is 3.97. The molecule has 1 aromatic heterocycles. The number of carbonyl (C=O) groups is 1. The van der Waals surface area contributed by atoms with E-state index in [1.807, 2.05) is 6.92 Å². The van der Waals surface area contributed by atoms with Gasteiger partial charge in [0.05, 0.1) is 4.90 Å². The fourth-order valence-electron chi connectivity index (χ4n) is 3.54. The molecular formula is C20H26N4O4S. The Morgan fingerprint density at radius 1 is 1.14 bits per heavy atom. The van der Waals surface area contributed by atoms with Gasteiger partial charge in [0.1, 0.15) is 5.69 Å². The number of rotatable bonds is 7. The van der Waals surface area contributed by atoms with Gasteiger partial charge in [0.2, 0.25) is 10.0 Å². The summed E-state index contributed by atoms with van der Waals surface area (Å²) in [6.45, 7) is 7.24. The number of benzene rings is 1. The molecule has 0 atom stereocenters. The molecule has 8 nitrogen and oxygen atoms in total. The van der Waals surface area contributed by atoms with Crippen LogP contribution in [0.2, 0.25) is 0 Å². The van der Waals surface area contributed by atoms with E-state index >= 15 is 0 Å². The average molecular weight is 419 g/mol. The van der Waals surface area contributed by atoms with E-state index in [4.69, 9.17) is 0 Å². The highest BCUT2D eigenvalue weighted by Gasteiger charge is 2.29. The fraction of sp³-hybridized carbons (Fsp3) is 0.450. The van der Waals surface area contributed by atoms with Crippen LogP contribution < -0.4 is 10.5 Å². The summed E-state index contributed by atoms with van der Waals surface area (Å²) in [6.07, 6.45) is 1.30. The van der Waals surface area contributed by atoms with Gasteiger partial charge in [-0.25, -0.2) is 13.1 Å². The molecular weight excluding hydrogens is 392 g/mol. The molecule has 0 saturated carbocycles. The minimum absolute atomic E-state index is 0.200. The summed E-state index contributed by atoms with van der Waals surface area (Å²) in [5.41, 5.74) is 1.46. The van der Waals surface area contributed by atoms with Gasteiger partial charge in [0.25, 0.3) is 11.5 Å². The average Bonchev–Trinajstić information content (AvgIpc) is 3.13. The highest BCUT2D eigenvalue weighted by Crippen LogP contribution is 2.32. The first-order chi connectivity index (χ1) is 13.8. The van der Waals surface area contributed by atoms with Crippen LogP contribution in [0.15, 0.2) is 40.0 Å². The zero-order valence-electron chi connectivity index (χ0n) is 17.0. The monoisotopic (exact) mass is 418 g/mol. The largest absolute Gasteiger partial charge is 0.306 e. The molecule has 0 unspecified atom stereocenters. The molecule has 2 heterocycles. The van der Waals surface area contributed by atoms with Crippen LogP contribution >= 0.6 is 0 Å². The van der Waals surface area contributed by atoms with Crippen molar-refractivity contribution in [2.24, 2.45) is 0 Å². The van der Waals surface area contributed by atoms with E-state index < -0.39 is 10.0 Å². The molecule has 0 radical (unpaired) electrons.